The average Bonchev–Trinajstić information content (AvgIpc) is 3.39. The van der Waals surface area contributed by atoms with Gasteiger partial charge in [-0.2, -0.15) is 0 Å². The molecule has 386 valence electrons. The molecule has 0 saturated heterocycles. The number of aromatic nitrogens is 2. The second-order valence-electron chi connectivity index (χ2n) is 26.4. The van der Waals surface area contributed by atoms with E-state index >= 15 is 0 Å². The van der Waals surface area contributed by atoms with Crippen molar-refractivity contribution in [2.24, 2.45) is 0 Å². The van der Waals surface area contributed by atoms with Gasteiger partial charge in [-0.05, 0) is 200 Å². The van der Waals surface area contributed by atoms with Gasteiger partial charge >= 0.3 is 0 Å². The van der Waals surface area contributed by atoms with Crippen molar-refractivity contribution in [3.8, 4) is 44.8 Å². The Labute approximate surface area is 447 Å². The summed E-state index contributed by atoms with van der Waals surface area (Å²) in [6.07, 6.45) is 9.91. The Balaban J connectivity index is 1.53. The highest BCUT2D eigenvalue weighted by Crippen LogP contribution is 2.63. The zero-order valence-corrected chi connectivity index (χ0v) is 48.4. The minimum Gasteiger partial charge on any atom is -0.247 e. The summed E-state index contributed by atoms with van der Waals surface area (Å²) in [6.45, 7) is 38.8. The molecule has 2 heterocycles. The van der Waals surface area contributed by atoms with E-state index in [0.29, 0.717) is 71.0 Å². The summed E-state index contributed by atoms with van der Waals surface area (Å²) in [5.74, 6) is 4.57. The predicted octanol–water partition coefficient (Wildman–Crippen LogP) is 21.9. The van der Waals surface area contributed by atoms with Crippen LogP contribution < -0.4 is 0 Å². The first-order chi connectivity index (χ1) is 35.4. The molecule has 2 fully saturated rings. The average molecular weight is 982 g/mol. The smallest absolute Gasteiger partial charge is 0.0805 e. The Morgan fingerprint density at radius 2 is 0.473 bits per heavy atom. The van der Waals surface area contributed by atoms with Crippen molar-refractivity contribution in [3.05, 3.63) is 140 Å². The zero-order valence-electron chi connectivity index (χ0n) is 48.4. The number of rotatable bonds is 12. The molecule has 13 rings (SSSR count). The van der Waals surface area contributed by atoms with Gasteiger partial charge in [-0.25, -0.2) is 9.97 Å². The molecule has 6 aliphatic carbocycles. The molecule has 2 aromatic heterocycles. The van der Waals surface area contributed by atoms with Gasteiger partial charge in [-0.3, -0.25) is 0 Å². The van der Waals surface area contributed by atoms with Crippen LogP contribution in [0.15, 0.2) is 72.8 Å². The normalized spacial score (nSPS) is 19.4. The molecular formula is C72H88N2. The van der Waals surface area contributed by atoms with Crippen LogP contribution in [0.2, 0.25) is 0 Å². The molecule has 6 aliphatic rings. The molecule has 74 heavy (non-hydrogen) atoms. The highest BCUT2D eigenvalue weighted by molar-refractivity contribution is 6.23. The van der Waals surface area contributed by atoms with Crippen molar-refractivity contribution in [1.82, 2.24) is 9.97 Å². The molecule has 0 N–H and O–H groups in total. The fourth-order valence-electron chi connectivity index (χ4n) is 15.6. The molecule has 0 unspecified atom stereocenters. The number of fused-ring (bicyclic) bond motifs is 6. The van der Waals surface area contributed by atoms with Crippen LogP contribution in [0.25, 0.3) is 66.6 Å². The van der Waals surface area contributed by atoms with Crippen LogP contribution in [0.5, 0.6) is 0 Å². The Hall–Kier alpha value is -5.08. The first-order valence-electron chi connectivity index (χ1n) is 29.8. The van der Waals surface area contributed by atoms with Crippen molar-refractivity contribution in [1.29, 1.82) is 0 Å². The van der Waals surface area contributed by atoms with E-state index in [-0.39, 0.29) is 0 Å². The van der Waals surface area contributed by atoms with E-state index in [0.717, 1.165) is 0 Å². The second-order valence-corrected chi connectivity index (χ2v) is 26.4. The number of benzene rings is 5. The van der Waals surface area contributed by atoms with Gasteiger partial charge in [0.05, 0.1) is 22.4 Å². The van der Waals surface area contributed by atoms with E-state index in [2.05, 4.69) is 184 Å². The van der Waals surface area contributed by atoms with E-state index in [9.17, 15) is 0 Å². The first-order valence-corrected chi connectivity index (χ1v) is 29.8. The first kappa shape index (κ1) is 51.0. The third-order valence-corrected chi connectivity index (χ3v) is 19.1. The Bertz CT molecular complexity index is 2990. The third-order valence-electron chi connectivity index (χ3n) is 19.1. The lowest BCUT2D eigenvalue weighted by Crippen LogP contribution is -2.26. The summed E-state index contributed by atoms with van der Waals surface area (Å²) < 4.78 is 0. The van der Waals surface area contributed by atoms with Gasteiger partial charge in [0.2, 0.25) is 0 Å². The molecule has 2 nitrogen and oxygen atoms in total. The lowest BCUT2D eigenvalue weighted by atomic mass is 9.62. The highest BCUT2D eigenvalue weighted by Gasteiger charge is 2.44. The summed E-state index contributed by atoms with van der Waals surface area (Å²) in [4.78, 5) is 13.3. The van der Waals surface area contributed by atoms with Gasteiger partial charge in [0.25, 0.3) is 0 Å². The van der Waals surface area contributed by atoms with Crippen LogP contribution in [0.3, 0.4) is 0 Å². The molecule has 0 spiro atoms. The maximum absolute atomic E-state index is 6.66. The van der Waals surface area contributed by atoms with E-state index in [1.54, 1.807) is 22.3 Å². The summed E-state index contributed by atoms with van der Waals surface area (Å²) in [7, 11) is 0. The van der Waals surface area contributed by atoms with Crippen molar-refractivity contribution < 1.29 is 0 Å². The molecule has 0 aliphatic heterocycles. The largest absolute Gasteiger partial charge is 0.247 e. The highest BCUT2D eigenvalue weighted by atomic mass is 14.8. The summed E-state index contributed by atoms with van der Waals surface area (Å²) in [6, 6.07) is 29.0. The molecule has 0 amide bonds. The van der Waals surface area contributed by atoms with Gasteiger partial charge < -0.3 is 0 Å². The van der Waals surface area contributed by atoms with E-state index in [1.165, 1.54) is 162 Å². The van der Waals surface area contributed by atoms with E-state index < -0.39 is 0 Å². The predicted molar refractivity (Wildman–Crippen MR) is 319 cm³/mol. The van der Waals surface area contributed by atoms with Crippen molar-refractivity contribution >= 4 is 21.8 Å². The van der Waals surface area contributed by atoms with E-state index in [1.807, 2.05) is 0 Å². The van der Waals surface area contributed by atoms with E-state index in [4.69, 9.17) is 9.97 Å². The maximum atomic E-state index is 6.66. The summed E-state index contributed by atoms with van der Waals surface area (Å²) >= 11 is 0. The molecule has 7 aromatic rings. The maximum Gasteiger partial charge on any atom is 0.0805 e. The molecule has 0 atom stereocenters. The summed E-state index contributed by atoms with van der Waals surface area (Å²) in [5.41, 5.74) is 31.5. The SMILES string of the molecule is CC(C)c1cccc(C(C)C)c1-c1nc2c(-c3c(C(C)C)cccc3C(C)C)c3c4c(c(-c5c(C(C)C)cccc5C(C)C)nc3c(-c3c(C(C)C)cccc3C(C)C)c2c2c1C1CCC2CC1)C1CCC4CC1. The lowest BCUT2D eigenvalue weighted by molar-refractivity contribution is 0.361. The van der Waals surface area contributed by atoms with Crippen LogP contribution in [-0.4, -0.2) is 9.97 Å². The van der Waals surface area contributed by atoms with Gasteiger partial charge in [-0.15, -0.1) is 0 Å². The number of nitrogens with zero attached hydrogens (tertiary/aromatic N) is 2. The van der Waals surface area contributed by atoms with Gasteiger partial charge in [0.15, 0.2) is 0 Å². The van der Waals surface area contributed by atoms with Gasteiger partial charge in [0.1, 0.15) is 0 Å². The van der Waals surface area contributed by atoms with Crippen LogP contribution in [0.1, 0.15) is 300 Å². The minimum absolute atomic E-state index is 0.316. The van der Waals surface area contributed by atoms with Gasteiger partial charge in [-0.1, -0.05) is 184 Å². The Kier molecular flexibility index (Phi) is 13.4. The van der Waals surface area contributed by atoms with Crippen molar-refractivity contribution in [2.45, 2.75) is 233 Å². The number of pyridine rings is 2. The second kappa shape index (κ2) is 19.5. The lowest BCUT2D eigenvalue weighted by Gasteiger charge is -2.43. The minimum atomic E-state index is 0.316. The monoisotopic (exact) mass is 981 g/mol. The molecule has 0 radical (unpaired) electrons. The Morgan fingerprint density at radius 3 is 0.689 bits per heavy atom. The molecule has 2 saturated carbocycles. The number of hydrogen-bond donors (Lipinski definition) is 0. The fraction of sp³-hybridized carbons (Fsp3) is 0.500. The van der Waals surface area contributed by atoms with Crippen LogP contribution in [0.4, 0.5) is 0 Å². The molecule has 2 heteroatoms. The fourth-order valence-corrected chi connectivity index (χ4v) is 15.6. The number of hydrogen-bond acceptors (Lipinski definition) is 2. The molecular weight excluding hydrogens is 893 g/mol. The third kappa shape index (κ3) is 7.98. The van der Waals surface area contributed by atoms with Crippen LogP contribution in [0, 0.1) is 0 Å². The quantitative estimate of drug-likeness (QED) is 0.114. The molecule has 5 aromatic carbocycles. The van der Waals surface area contributed by atoms with Crippen LogP contribution in [-0.2, 0) is 0 Å². The molecule has 4 bridgehead atoms. The topological polar surface area (TPSA) is 25.8 Å². The standard InChI is InChI=1S/C72H88N2/c1-37(2)49-21-17-22-50(38(3)4)61(49)67-65-57-45-29-33-47(34-30-45)59(57)70(64-55(43(13)14)27-20-28-56(64)44(15)16)74-72(65)68(62-51(39(5)6)23-18-24-52(62)40(7)8)66-58-46-31-35-48(36-32-46)60(58)69(73-71(66)67)63-53(41(9)10)25-19-26-54(63)42(11)12/h17-28,37-48H,29-36H2,1-16H3. The zero-order chi connectivity index (χ0) is 52.3. The van der Waals surface area contributed by atoms with Crippen LogP contribution >= 0.6 is 0 Å². The van der Waals surface area contributed by atoms with Crippen molar-refractivity contribution in [3.63, 3.8) is 0 Å². The van der Waals surface area contributed by atoms with Crippen molar-refractivity contribution in [2.75, 3.05) is 0 Å². The van der Waals surface area contributed by atoms with Gasteiger partial charge in [0, 0.05) is 33.0 Å². The Morgan fingerprint density at radius 1 is 0.270 bits per heavy atom. The summed E-state index contributed by atoms with van der Waals surface area (Å²) in [5, 5.41) is 2.86.